The molecule has 0 unspecified atom stereocenters. The van der Waals surface area contributed by atoms with E-state index < -0.39 is 10.0 Å². The summed E-state index contributed by atoms with van der Waals surface area (Å²) < 4.78 is 33.4. The molecule has 1 aromatic rings. The van der Waals surface area contributed by atoms with Gasteiger partial charge in [0, 0.05) is 25.8 Å². The summed E-state index contributed by atoms with van der Waals surface area (Å²) in [5, 5.41) is 3.85. The number of aromatic nitrogens is 2. The first-order valence-corrected chi connectivity index (χ1v) is 8.31. The van der Waals surface area contributed by atoms with Gasteiger partial charge in [-0.3, -0.25) is 4.68 Å². The van der Waals surface area contributed by atoms with E-state index >= 15 is 0 Å². The van der Waals surface area contributed by atoms with Crippen LogP contribution in [0.25, 0.3) is 0 Å². The Morgan fingerprint density at radius 1 is 1.45 bits per heavy atom. The summed E-state index contributed by atoms with van der Waals surface area (Å²) in [6.07, 6.45) is 6.86. The number of sulfonamides is 1. The fourth-order valence-electron chi connectivity index (χ4n) is 2.28. The zero-order chi connectivity index (χ0) is 14.6. The summed E-state index contributed by atoms with van der Waals surface area (Å²) in [4.78, 5) is 0.170. The summed E-state index contributed by atoms with van der Waals surface area (Å²) in [6, 6.07) is 0.291. The Morgan fingerprint density at radius 3 is 2.75 bits per heavy atom. The molecule has 20 heavy (non-hydrogen) atoms. The van der Waals surface area contributed by atoms with Crippen LogP contribution in [0.5, 0.6) is 0 Å². The lowest BCUT2D eigenvalue weighted by molar-refractivity contribution is 0.0287. The Hall–Kier alpha value is -0.960. The molecule has 1 aliphatic rings. The van der Waals surface area contributed by atoms with Crippen LogP contribution in [0.4, 0.5) is 0 Å². The molecule has 114 valence electrons. The smallest absolute Gasteiger partial charge is 0.243 e. The van der Waals surface area contributed by atoms with Gasteiger partial charge in [-0.2, -0.15) is 5.10 Å². The molecule has 0 aliphatic heterocycles. The van der Waals surface area contributed by atoms with Crippen molar-refractivity contribution in [1.29, 1.82) is 0 Å². The molecule has 1 fully saturated rings. The van der Waals surface area contributed by atoms with Crippen LogP contribution in [0.2, 0.25) is 0 Å². The van der Waals surface area contributed by atoms with Gasteiger partial charge >= 0.3 is 0 Å². The molecular formula is C12H22N4O3S. The lowest BCUT2D eigenvalue weighted by atomic mass is 9.94. The van der Waals surface area contributed by atoms with E-state index in [4.69, 9.17) is 10.5 Å². The average Bonchev–Trinajstić information content (AvgIpc) is 2.84. The number of nitrogens with two attached hydrogens (primary N) is 1. The summed E-state index contributed by atoms with van der Waals surface area (Å²) in [6.45, 7) is 0.638. The maximum Gasteiger partial charge on any atom is 0.243 e. The van der Waals surface area contributed by atoms with Crippen molar-refractivity contribution in [3.63, 3.8) is 0 Å². The largest absolute Gasteiger partial charge is 0.377 e. The Balaban J connectivity index is 1.70. The average molecular weight is 302 g/mol. The number of aryl methyl sites for hydroxylation is 1. The zero-order valence-corrected chi connectivity index (χ0v) is 12.5. The molecule has 8 heteroatoms. The second kappa shape index (κ2) is 6.66. The highest BCUT2D eigenvalue weighted by atomic mass is 32.2. The van der Waals surface area contributed by atoms with Crippen molar-refractivity contribution in [2.24, 2.45) is 12.8 Å². The van der Waals surface area contributed by atoms with Crippen molar-refractivity contribution >= 4 is 10.0 Å². The molecule has 0 radical (unpaired) electrons. The van der Waals surface area contributed by atoms with Gasteiger partial charge < -0.3 is 10.5 Å². The highest BCUT2D eigenvalue weighted by Crippen LogP contribution is 2.19. The third-order valence-corrected chi connectivity index (χ3v) is 4.87. The minimum Gasteiger partial charge on any atom is -0.377 e. The second-order valence-corrected chi connectivity index (χ2v) is 6.92. The van der Waals surface area contributed by atoms with Gasteiger partial charge in [-0.1, -0.05) is 0 Å². The van der Waals surface area contributed by atoms with Crippen molar-refractivity contribution in [2.45, 2.75) is 42.7 Å². The Bertz CT molecular complexity index is 521. The standard InChI is InChI=1S/C12H22N4O3S/c1-16-9-12(8-14-16)20(17,18)15-6-7-19-11-4-2-10(13)3-5-11/h8-11,15H,2-7,13H2,1H3. The first kappa shape index (κ1) is 15.4. The molecule has 1 saturated carbocycles. The molecular weight excluding hydrogens is 280 g/mol. The number of nitrogens with one attached hydrogen (secondary N) is 1. The number of nitrogens with zero attached hydrogens (tertiary/aromatic N) is 2. The molecule has 1 aliphatic carbocycles. The fraction of sp³-hybridized carbons (Fsp3) is 0.750. The van der Waals surface area contributed by atoms with E-state index in [-0.39, 0.29) is 17.5 Å². The van der Waals surface area contributed by atoms with Crippen LogP contribution in [0.3, 0.4) is 0 Å². The van der Waals surface area contributed by atoms with Crippen molar-refractivity contribution in [1.82, 2.24) is 14.5 Å². The summed E-state index contributed by atoms with van der Waals surface area (Å²) in [7, 11) is -1.81. The number of ether oxygens (including phenoxy) is 1. The van der Waals surface area contributed by atoms with E-state index in [1.807, 2.05) is 0 Å². The Kier molecular flexibility index (Phi) is 5.14. The van der Waals surface area contributed by atoms with Gasteiger partial charge in [0.1, 0.15) is 4.90 Å². The minimum atomic E-state index is -3.48. The number of rotatable bonds is 6. The quantitative estimate of drug-likeness (QED) is 0.720. The van der Waals surface area contributed by atoms with E-state index in [2.05, 4.69) is 9.82 Å². The fourth-order valence-corrected chi connectivity index (χ4v) is 3.27. The first-order valence-electron chi connectivity index (χ1n) is 6.83. The van der Waals surface area contributed by atoms with Crippen molar-refractivity contribution < 1.29 is 13.2 Å². The maximum absolute atomic E-state index is 11.9. The third kappa shape index (κ3) is 4.27. The molecule has 7 nitrogen and oxygen atoms in total. The van der Waals surface area contributed by atoms with E-state index in [9.17, 15) is 8.42 Å². The molecule has 1 aromatic heterocycles. The van der Waals surface area contributed by atoms with Gasteiger partial charge in [-0.25, -0.2) is 13.1 Å². The SMILES string of the molecule is Cn1cc(S(=O)(=O)NCCOC2CCC(N)CC2)cn1. The molecule has 0 spiro atoms. The molecule has 0 saturated heterocycles. The zero-order valence-electron chi connectivity index (χ0n) is 11.7. The molecule has 0 bridgehead atoms. The maximum atomic E-state index is 11.9. The minimum absolute atomic E-state index is 0.170. The van der Waals surface area contributed by atoms with Crippen LogP contribution >= 0.6 is 0 Å². The van der Waals surface area contributed by atoms with Gasteiger partial charge in [-0.05, 0) is 25.7 Å². The van der Waals surface area contributed by atoms with Crippen molar-refractivity contribution in [3.05, 3.63) is 12.4 Å². The highest BCUT2D eigenvalue weighted by Gasteiger charge is 2.19. The predicted molar refractivity (Wildman–Crippen MR) is 74.6 cm³/mol. The third-order valence-electron chi connectivity index (χ3n) is 3.46. The highest BCUT2D eigenvalue weighted by molar-refractivity contribution is 7.89. The van der Waals surface area contributed by atoms with Crippen LogP contribution in [0, 0.1) is 0 Å². The lowest BCUT2D eigenvalue weighted by Gasteiger charge is -2.26. The van der Waals surface area contributed by atoms with Crippen LogP contribution in [-0.4, -0.2) is 43.5 Å². The van der Waals surface area contributed by atoms with Crippen molar-refractivity contribution in [2.75, 3.05) is 13.2 Å². The first-order chi connectivity index (χ1) is 9.47. The summed E-state index contributed by atoms with van der Waals surface area (Å²) in [5.74, 6) is 0. The normalized spacial score (nSPS) is 23.9. The van der Waals surface area contributed by atoms with E-state index in [1.54, 1.807) is 7.05 Å². The topological polar surface area (TPSA) is 99.2 Å². The number of hydrogen-bond acceptors (Lipinski definition) is 5. The monoisotopic (exact) mass is 302 g/mol. The van der Waals surface area contributed by atoms with Gasteiger partial charge in [0.25, 0.3) is 0 Å². The molecule has 0 aromatic carbocycles. The Morgan fingerprint density at radius 2 is 2.15 bits per heavy atom. The van der Waals surface area contributed by atoms with Gasteiger partial charge in [0.2, 0.25) is 10.0 Å². The van der Waals surface area contributed by atoms with Crippen molar-refractivity contribution in [3.8, 4) is 0 Å². The lowest BCUT2D eigenvalue weighted by Crippen LogP contribution is -2.33. The van der Waals surface area contributed by atoms with Gasteiger partial charge in [0.15, 0.2) is 0 Å². The molecule has 2 rings (SSSR count). The predicted octanol–water partition coefficient (Wildman–Crippen LogP) is -0.0151. The van der Waals surface area contributed by atoms with Crippen LogP contribution < -0.4 is 10.5 Å². The summed E-state index contributed by atoms with van der Waals surface area (Å²) in [5.41, 5.74) is 5.82. The van der Waals surface area contributed by atoms with Gasteiger partial charge in [0.05, 0.1) is 18.9 Å². The van der Waals surface area contributed by atoms with E-state index in [0.717, 1.165) is 25.7 Å². The number of hydrogen-bond donors (Lipinski definition) is 2. The molecule has 0 amide bonds. The molecule has 1 heterocycles. The van der Waals surface area contributed by atoms with Crippen LogP contribution in [0.15, 0.2) is 17.3 Å². The molecule has 0 atom stereocenters. The summed E-state index contributed by atoms with van der Waals surface area (Å²) >= 11 is 0. The Labute approximate surface area is 119 Å². The van der Waals surface area contributed by atoms with Crippen LogP contribution in [-0.2, 0) is 21.8 Å². The van der Waals surface area contributed by atoms with E-state index in [0.29, 0.717) is 12.6 Å². The molecule has 3 N–H and O–H groups in total. The van der Waals surface area contributed by atoms with E-state index in [1.165, 1.54) is 17.1 Å². The van der Waals surface area contributed by atoms with Gasteiger partial charge in [-0.15, -0.1) is 0 Å². The second-order valence-electron chi connectivity index (χ2n) is 5.16. The van der Waals surface area contributed by atoms with Crippen LogP contribution in [0.1, 0.15) is 25.7 Å².